The standard InChI is InChI=1S/C18H19NO6S2/c1-11(20)10-25-13-6-5-12(8-14(13)24-2)9-15-17(23)19(18(26)27-15)7-3-4-16(21)22/h5-6,8-9H,3-4,7,10H2,1-2H3,(H,21,22)/b15-9-. The highest BCUT2D eigenvalue weighted by Gasteiger charge is 2.31. The number of thioether (sulfide) groups is 1. The van der Waals surface area contributed by atoms with Crippen LogP contribution in [0.5, 0.6) is 11.5 Å². The fraction of sp³-hybridized carbons (Fsp3) is 0.333. The molecule has 1 aromatic rings. The average Bonchev–Trinajstić information content (AvgIpc) is 2.87. The summed E-state index contributed by atoms with van der Waals surface area (Å²) in [5.74, 6) is -0.373. The molecule has 0 unspecified atom stereocenters. The van der Waals surface area contributed by atoms with E-state index < -0.39 is 5.97 Å². The second-order valence-corrected chi connectivity index (χ2v) is 7.41. The highest BCUT2D eigenvalue weighted by Crippen LogP contribution is 2.34. The summed E-state index contributed by atoms with van der Waals surface area (Å²) >= 11 is 6.39. The van der Waals surface area contributed by atoms with Crippen molar-refractivity contribution in [3.8, 4) is 11.5 Å². The lowest BCUT2D eigenvalue weighted by Crippen LogP contribution is -2.29. The highest BCUT2D eigenvalue weighted by molar-refractivity contribution is 8.26. The molecule has 2 rings (SSSR count). The van der Waals surface area contributed by atoms with Crippen LogP contribution in [0.25, 0.3) is 6.08 Å². The molecule has 0 bridgehead atoms. The molecule has 27 heavy (non-hydrogen) atoms. The molecule has 0 radical (unpaired) electrons. The molecule has 1 amide bonds. The molecule has 144 valence electrons. The largest absolute Gasteiger partial charge is 0.493 e. The number of nitrogens with zero attached hydrogens (tertiary/aromatic N) is 1. The first kappa shape index (κ1) is 20.9. The lowest BCUT2D eigenvalue weighted by molar-refractivity contribution is -0.137. The molecule has 1 saturated heterocycles. The quantitative estimate of drug-likeness (QED) is 0.492. The van der Waals surface area contributed by atoms with Crippen LogP contribution in [0.4, 0.5) is 0 Å². The van der Waals surface area contributed by atoms with E-state index in [1.54, 1.807) is 24.3 Å². The van der Waals surface area contributed by atoms with Gasteiger partial charge in [-0.2, -0.15) is 0 Å². The van der Waals surface area contributed by atoms with Crippen molar-refractivity contribution in [1.82, 2.24) is 4.90 Å². The topological polar surface area (TPSA) is 93.1 Å². The van der Waals surface area contributed by atoms with Crippen molar-refractivity contribution < 1.29 is 29.0 Å². The van der Waals surface area contributed by atoms with E-state index in [4.69, 9.17) is 26.8 Å². The van der Waals surface area contributed by atoms with Crippen molar-refractivity contribution in [2.45, 2.75) is 19.8 Å². The molecule has 9 heteroatoms. The Morgan fingerprint density at radius 3 is 2.70 bits per heavy atom. The van der Waals surface area contributed by atoms with Gasteiger partial charge in [0, 0.05) is 13.0 Å². The van der Waals surface area contributed by atoms with Gasteiger partial charge in [-0.05, 0) is 37.1 Å². The normalized spacial score (nSPS) is 15.3. The van der Waals surface area contributed by atoms with Gasteiger partial charge in [0.05, 0.1) is 12.0 Å². The minimum absolute atomic E-state index is 0.0188. The number of carbonyl (C=O) groups is 3. The van der Waals surface area contributed by atoms with Gasteiger partial charge in [-0.15, -0.1) is 0 Å². The van der Waals surface area contributed by atoms with E-state index in [-0.39, 0.29) is 31.3 Å². The van der Waals surface area contributed by atoms with Gasteiger partial charge in [0.25, 0.3) is 5.91 Å². The van der Waals surface area contributed by atoms with E-state index in [9.17, 15) is 14.4 Å². The minimum Gasteiger partial charge on any atom is -0.493 e. The van der Waals surface area contributed by atoms with E-state index in [0.717, 1.165) is 0 Å². The van der Waals surface area contributed by atoms with Crippen LogP contribution in [0.1, 0.15) is 25.3 Å². The number of Topliss-reactive ketones (excluding diaryl/α,β-unsaturated/α-hetero) is 1. The van der Waals surface area contributed by atoms with Crippen molar-refractivity contribution in [2.75, 3.05) is 20.3 Å². The van der Waals surface area contributed by atoms with Crippen molar-refractivity contribution in [3.05, 3.63) is 28.7 Å². The van der Waals surface area contributed by atoms with Crippen LogP contribution in [0.3, 0.4) is 0 Å². The third-order valence-corrected chi connectivity index (χ3v) is 4.94. The van der Waals surface area contributed by atoms with Crippen LogP contribution in [-0.2, 0) is 14.4 Å². The Hall–Kier alpha value is -2.39. The number of carbonyl (C=O) groups excluding carboxylic acids is 2. The first-order chi connectivity index (χ1) is 12.8. The lowest BCUT2D eigenvalue weighted by Gasteiger charge is -2.13. The number of aliphatic carboxylic acids is 1. The van der Waals surface area contributed by atoms with Crippen LogP contribution in [-0.4, -0.2) is 52.2 Å². The SMILES string of the molecule is COc1cc(/C=C2\SC(=S)N(CCCC(=O)O)C2=O)ccc1OCC(C)=O. The van der Waals surface area contributed by atoms with Crippen LogP contribution in [0.2, 0.25) is 0 Å². The number of hydrogen-bond donors (Lipinski definition) is 1. The van der Waals surface area contributed by atoms with E-state index in [1.807, 2.05) is 0 Å². The first-order valence-corrected chi connectivity index (χ1v) is 9.31. The van der Waals surface area contributed by atoms with E-state index in [2.05, 4.69) is 0 Å². The van der Waals surface area contributed by atoms with Crippen molar-refractivity contribution in [3.63, 3.8) is 0 Å². The number of benzene rings is 1. The van der Waals surface area contributed by atoms with Gasteiger partial charge in [-0.3, -0.25) is 19.3 Å². The summed E-state index contributed by atoms with van der Waals surface area (Å²) in [6, 6.07) is 5.11. The monoisotopic (exact) mass is 409 g/mol. The Labute approximate surface area is 166 Å². The van der Waals surface area contributed by atoms with Gasteiger partial charge < -0.3 is 14.6 Å². The summed E-state index contributed by atoms with van der Waals surface area (Å²) in [7, 11) is 1.49. The first-order valence-electron chi connectivity index (χ1n) is 8.09. The zero-order valence-corrected chi connectivity index (χ0v) is 16.5. The fourth-order valence-electron chi connectivity index (χ4n) is 2.31. The number of rotatable bonds is 9. The number of thiocarbonyl (C=S) groups is 1. The number of ether oxygens (including phenoxy) is 2. The molecular formula is C18H19NO6S2. The average molecular weight is 409 g/mol. The number of carboxylic acids is 1. The molecule has 0 aromatic heterocycles. The van der Waals surface area contributed by atoms with Crippen LogP contribution in [0.15, 0.2) is 23.1 Å². The highest BCUT2D eigenvalue weighted by atomic mass is 32.2. The van der Waals surface area contributed by atoms with E-state index in [1.165, 1.54) is 30.7 Å². The molecule has 1 N–H and O–H groups in total. The van der Waals surface area contributed by atoms with Gasteiger partial charge in [-0.1, -0.05) is 30.0 Å². The summed E-state index contributed by atoms with van der Waals surface area (Å²) in [4.78, 5) is 36.0. The van der Waals surface area contributed by atoms with Gasteiger partial charge in [0.1, 0.15) is 10.9 Å². The molecule has 0 saturated carbocycles. The van der Waals surface area contributed by atoms with E-state index >= 15 is 0 Å². The van der Waals surface area contributed by atoms with Gasteiger partial charge in [0.2, 0.25) is 0 Å². The Morgan fingerprint density at radius 1 is 1.33 bits per heavy atom. The number of hydrogen-bond acceptors (Lipinski definition) is 7. The van der Waals surface area contributed by atoms with Gasteiger partial charge >= 0.3 is 5.97 Å². The second-order valence-electron chi connectivity index (χ2n) is 5.73. The third-order valence-electron chi connectivity index (χ3n) is 3.56. The summed E-state index contributed by atoms with van der Waals surface area (Å²) in [5, 5.41) is 8.71. The molecule has 7 nitrogen and oxygen atoms in total. The minimum atomic E-state index is -0.907. The molecular weight excluding hydrogens is 390 g/mol. The molecule has 0 spiro atoms. The Morgan fingerprint density at radius 2 is 2.07 bits per heavy atom. The third kappa shape index (κ3) is 5.80. The van der Waals surface area contributed by atoms with Crippen LogP contribution < -0.4 is 9.47 Å². The summed E-state index contributed by atoms with van der Waals surface area (Å²) < 4.78 is 11.1. The molecule has 1 aliphatic heterocycles. The number of ketones is 1. The van der Waals surface area contributed by atoms with E-state index in [0.29, 0.717) is 32.7 Å². The molecule has 1 heterocycles. The molecule has 1 fully saturated rings. The van der Waals surface area contributed by atoms with Crippen LogP contribution >= 0.6 is 24.0 Å². The number of amides is 1. The molecule has 0 aliphatic carbocycles. The summed E-state index contributed by atoms with van der Waals surface area (Å²) in [5.41, 5.74) is 0.716. The maximum Gasteiger partial charge on any atom is 0.303 e. The van der Waals surface area contributed by atoms with Crippen molar-refractivity contribution >= 4 is 52.0 Å². The number of methoxy groups -OCH3 is 1. The van der Waals surface area contributed by atoms with Gasteiger partial charge in [-0.25, -0.2) is 0 Å². The zero-order valence-electron chi connectivity index (χ0n) is 14.9. The predicted octanol–water partition coefficient (Wildman–Crippen LogP) is 2.73. The van der Waals surface area contributed by atoms with Gasteiger partial charge in [0.15, 0.2) is 17.3 Å². The Kier molecular flexibility index (Phi) is 7.37. The Balaban J connectivity index is 2.13. The Bertz CT molecular complexity index is 805. The zero-order chi connectivity index (χ0) is 20.0. The smallest absolute Gasteiger partial charge is 0.303 e. The second kappa shape index (κ2) is 9.52. The maximum absolute atomic E-state index is 12.5. The number of carboxylic acid groups (broad SMARTS) is 1. The summed E-state index contributed by atoms with van der Waals surface area (Å²) in [6.45, 7) is 1.65. The molecule has 1 aromatic carbocycles. The predicted molar refractivity (Wildman–Crippen MR) is 106 cm³/mol. The van der Waals surface area contributed by atoms with Crippen LogP contribution in [0, 0.1) is 0 Å². The van der Waals surface area contributed by atoms with Crippen molar-refractivity contribution in [1.29, 1.82) is 0 Å². The molecule has 1 aliphatic rings. The van der Waals surface area contributed by atoms with Crippen molar-refractivity contribution in [2.24, 2.45) is 0 Å². The maximum atomic E-state index is 12.5. The lowest BCUT2D eigenvalue weighted by atomic mass is 10.2. The fourth-order valence-corrected chi connectivity index (χ4v) is 3.61. The molecule has 0 atom stereocenters. The summed E-state index contributed by atoms with van der Waals surface area (Å²) in [6.07, 6.45) is 2.01.